The minimum Gasteiger partial charge on any atom is -0.340 e. The number of benzene rings is 2. The predicted octanol–water partition coefficient (Wildman–Crippen LogP) is 5.60. The number of thiazole rings is 1. The van der Waals surface area contributed by atoms with Crippen LogP contribution in [0.25, 0.3) is 0 Å². The Bertz CT molecular complexity index is 1200. The van der Waals surface area contributed by atoms with Gasteiger partial charge in [0.1, 0.15) is 10.7 Å². The first-order valence-electron chi connectivity index (χ1n) is 9.74. The highest BCUT2D eigenvalue weighted by Crippen LogP contribution is 2.22. The number of aromatic nitrogens is 3. The van der Waals surface area contributed by atoms with Crippen LogP contribution in [0.4, 0.5) is 28.8 Å². The molecule has 0 saturated heterocycles. The van der Waals surface area contributed by atoms with Gasteiger partial charge in [-0.1, -0.05) is 17.7 Å². The molecule has 31 heavy (non-hydrogen) atoms. The fourth-order valence-electron chi connectivity index (χ4n) is 2.95. The van der Waals surface area contributed by atoms with Crippen molar-refractivity contribution in [3.63, 3.8) is 0 Å². The van der Waals surface area contributed by atoms with Gasteiger partial charge in [0.05, 0.1) is 11.2 Å². The van der Waals surface area contributed by atoms with Gasteiger partial charge < -0.3 is 16.0 Å². The van der Waals surface area contributed by atoms with Crippen LogP contribution in [0, 0.1) is 20.8 Å². The van der Waals surface area contributed by atoms with Crippen LogP contribution in [0.15, 0.2) is 60.1 Å². The first-order chi connectivity index (χ1) is 15.0. The summed E-state index contributed by atoms with van der Waals surface area (Å²) in [5.74, 6) is 1.05. The third kappa shape index (κ3) is 5.23. The Morgan fingerprint density at radius 1 is 0.839 bits per heavy atom. The molecule has 0 aliphatic heterocycles. The molecular weight excluding hydrogens is 408 g/mol. The molecule has 4 rings (SSSR count). The molecule has 2 aromatic heterocycles. The molecule has 0 radical (unpaired) electrons. The number of anilines is 5. The van der Waals surface area contributed by atoms with E-state index in [1.807, 2.05) is 75.4 Å². The van der Waals surface area contributed by atoms with Crippen LogP contribution in [0.5, 0.6) is 0 Å². The Labute approximate surface area is 184 Å². The summed E-state index contributed by atoms with van der Waals surface area (Å²) in [5, 5.41) is 9.41. The summed E-state index contributed by atoms with van der Waals surface area (Å²) in [6.45, 7) is 5.80. The molecule has 0 spiro atoms. The normalized spacial score (nSPS) is 10.5. The van der Waals surface area contributed by atoms with Crippen molar-refractivity contribution < 1.29 is 4.79 Å². The van der Waals surface area contributed by atoms with Crippen molar-refractivity contribution in [2.75, 3.05) is 16.0 Å². The van der Waals surface area contributed by atoms with Crippen molar-refractivity contribution in [2.45, 2.75) is 20.8 Å². The summed E-state index contributed by atoms with van der Waals surface area (Å²) in [6, 6.07) is 17.4. The third-order valence-corrected chi connectivity index (χ3v) is 5.46. The van der Waals surface area contributed by atoms with Gasteiger partial charge in [-0.3, -0.25) is 4.79 Å². The van der Waals surface area contributed by atoms with E-state index in [-0.39, 0.29) is 5.91 Å². The van der Waals surface area contributed by atoms with E-state index < -0.39 is 0 Å². The van der Waals surface area contributed by atoms with E-state index in [9.17, 15) is 4.79 Å². The molecule has 0 fully saturated rings. The van der Waals surface area contributed by atoms with Gasteiger partial charge in [0, 0.05) is 28.8 Å². The Kier molecular flexibility index (Phi) is 5.90. The first kappa shape index (κ1) is 20.5. The number of hydrogen-bond acceptors (Lipinski definition) is 7. The van der Waals surface area contributed by atoms with Gasteiger partial charge in [-0.25, -0.2) is 9.97 Å². The molecule has 156 valence electrons. The lowest BCUT2D eigenvalue weighted by molar-refractivity contribution is 0.103. The highest BCUT2D eigenvalue weighted by Gasteiger charge is 2.12. The second kappa shape index (κ2) is 8.93. The standard InChI is InChI=1S/C23H22N6OS/c1-14-4-6-19(7-5-14)28-23-25-15(2)12-20(29-23)26-17-8-10-18(11-9-17)27-22(30)21-16(3)24-13-31-21/h4-13H,1-3H3,(H,27,30)(H2,25,26,28,29). The monoisotopic (exact) mass is 430 g/mol. The number of carbonyl (C=O) groups is 1. The van der Waals surface area contributed by atoms with Crippen molar-refractivity contribution in [1.82, 2.24) is 15.0 Å². The van der Waals surface area contributed by atoms with Crippen LogP contribution in [-0.4, -0.2) is 20.9 Å². The number of nitrogens with one attached hydrogen (secondary N) is 3. The van der Waals surface area contributed by atoms with Gasteiger partial charge in [-0.2, -0.15) is 4.98 Å². The Morgan fingerprint density at radius 3 is 2.16 bits per heavy atom. The highest BCUT2D eigenvalue weighted by atomic mass is 32.1. The van der Waals surface area contributed by atoms with Crippen molar-refractivity contribution in [1.29, 1.82) is 0 Å². The van der Waals surface area contributed by atoms with E-state index in [1.165, 1.54) is 16.9 Å². The van der Waals surface area contributed by atoms with E-state index in [1.54, 1.807) is 5.51 Å². The summed E-state index contributed by atoms with van der Waals surface area (Å²) >= 11 is 1.33. The van der Waals surface area contributed by atoms with Crippen LogP contribution in [0.3, 0.4) is 0 Å². The molecule has 0 saturated carbocycles. The minimum atomic E-state index is -0.154. The highest BCUT2D eigenvalue weighted by molar-refractivity contribution is 7.12. The van der Waals surface area contributed by atoms with Gasteiger partial charge in [-0.15, -0.1) is 11.3 Å². The molecule has 0 unspecified atom stereocenters. The third-order valence-electron chi connectivity index (χ3n) is 4.53. The Hall–Kier alpha value is -3.78. The number of nitrogens with zero attached hydrogens (tertiary/aromatic N) is 3. The summed E-state index contributed by atoms with van der Waals surface area (Å²) in [4.78, 5) is 26.1. The summed E-state index contributed by atoms with van der Waals surface area (Å²) in [5.41, 5.74) is 6.93. The van der Waals surface area contributed by atoms with Gasteiger partial charge in [-0.05, 0) is 57.2 Å². The van der Waals surface area contributed by atoms with Crippen molar-refractivity contribution in [2.24, 2.45) is 0 Å². The predicted molar refractivity (Wildman–Crippen MR) is 126 cm³/mol. The topological polar surface area (TPSA) is 91.8 Å². The number of aryl methyl sites for hydroxylation is 3. The van der Waals surface area contributed by atoms with E-state index >= 15 is 0 Å². The Balaban J connectivity index is 1.44. The lowest BCUT2D eigenvalue weighted by atomic mass is 10.2. The lowest BCUT2D eigenvalue weighted by Gasteiger charge is -2.11. The number of rotatable bonds is 6. The molecule has 0 bridgehead atoms. The van der Waals surface area contributed by atoms with Gasteiger partial charge in [0.25, 0.3) is 5.91 Å². The fraction of sp³-hybridized carbons (Fsp3) is 0.130. The first-order valence-corrected chi connectivity index (χ1v) is 10.6. The molecule has 0 aliphatic rings. The largest absolute Gasteiger partial charge is 0.340 e. The maximum absolute atomic E-state index is 12.3. The number of hydrogen-bond donors (Lipinski definition) is 3. The van der Waals surface area contributed by atoms with Crippen LogP contribution < -0.4 is 16.0 Å². The zero-order valence-corrected chi connectivity index (χ0v) is 18.2. The fourth-order valence-corrected chi connectivity index (χ4v) is 3.64. The second-order valence-corrected chi connectivity index (χ2v) is 7.99. The number of carbonyl (C=O) groups excluding carboxylic acids is 1. The summed E-state index contributed by atoms with van der Waals surface area (Å²) < 4.78 is 0. The van der Waals surface area contributed by atoms with Gasteiger partial charge in [0.15, 0.2) is 0 Å². The van der Waals surface area contributed by atoms with Crippen LogP contribution in [0.2, 0.25) is 0 Å². The molecule has 2 aromatic carbocycles. The molecular formula is C23H22N6OS. The van der Waals surface area contributed by atoms with Crippen molar-refractivity contribution in [3.8, 4) is 0 Å². The molecule has 2 heterocycles. The maximum atomic E-state index is 12.3. The molecule has 3 N–H and O–H groups in total. The van der Waals surface area contributed by atoms with Gasteiger partial charge in [0.2, 0.25) is 5.95 Å². The zero-order valence-electron chi connectivity index (χ0n) is 17.4. The smallest absolute Gasteiger partial charge is 0.267 e. The summed E-state index contributed by atoms with van der Waals surface area (Å²) in [7, 11) is 0. The summed E-state index contributed by atoms with van der Waals surface area (Å²) in [6.07, 6.45) is 0. The van der Waals surface area contributed by atoms with Crippen LogP contribution >= 0.6 is 11.3 Å². The molecule has 7 nitrogen and oxygen atoms in total. The Morgan fingerprint density at radius 2 is 1.48 bits per heavy atom. The average Bonchev–Trinajstić information content (AvgIpc) is 3.17. The molecule has 0 atom stereocenters. The quantitative estimate of drug-likeness (QED) is 0.369. The van der Waals surface area contributed by atoms with E-state index in [0.717, 1.165) is 22.8 Å². The SMILES string of the molecule is Cc1ccc(Nc2nc(C)cc(Nc3ccc(NC(=O)c4scnc4C)cc3)n2)cc1. The molecule has 8 heteroatoms. The van der Waals surface area contributed by atoms with Gasteiger partial charge >= 0.3 is 0 Å². The van der Waals surface area contributed by atoms with E-state index in [2.05, 4.69) is 30.9 Å². The maximum Gasteiger partial charge on any atom is 0.267 e. The molecule has 4 aromatic rings. The van der Waals surface area contributed by atoms with E-state index in [0.29, 0.717) is 22.3 Å². The molecule has 1 amide bonds. The zero-order chi connectivity index (χ0) is 21.8. The van der Waals surface area contributed by atoms with E-state index in [4.69, 9.17) is 0 Å². The number of amides is 1. The van der Waals surface area contributed by atoms with Crippen molar-refractivity contribution in [3.05, 3.63) is 81.9 Å². The lowest BCUT2D eigenvalue weighted by Crippen LogP contribution is -2.11. The van der Waals surface area contributed by atoms with Crippen LogP contribution in [-0.2, 0) is 0 Å². The van der Waals surface area contributed by atoms with Crippen LogP contribution in [0.1, 0.15) is 26.6 Å². The molecule has 0 aliphatic carbocycles. The average molecular weight is 431 g/mol. The van der Waals surface area contributed by atoms with Crippen molar-refractivity contribution >= 4 is 46.1 Å². The second-order valence-electron chi connectivity index (χ2n) is 7.13. The minimum absolute atomic E-state index is 0.154.